The van der Waals surface area contributed by atoms with Crippen LogP contribution in [0.3, 0.4) is 0 Å². The Kier molecular flexibility index (Phi) is 4.86. The van der Waals surface area contributed by atoms with Crippen molar-refractivity contribution < 1.29 is 9.18 Å². The Hall–Kier alpha value is -3.38. The molecule has 0 spiro atoms. The molecule has 3 rings (SSSR count). The molecule has 5 nitrogen and oxygen atoms in total. The van der Waals surface area contributed by atoms with E-state index >= 15 is 0 Å². The van der Waals surface area contributed by atoms with Crippen LogP contribution in [0.15, 0.2) is 36.4 Å². The van der Waals surface area contributed by atoms with Gasteiger partial charge in [0.05, 0.1) is 28.6 Å². The monoisotopic (exact) mass is 348 g/mol. The fourth-order valence-corrected chi connectivity index (χ4v) is 3.13. The Morgan fingerprint density at radius 3 is 2.15 bits per heavy atom. The van der Waals surface area contributed by atoms with Crippen molar-refractivity contribution in [2.75, 3.05) is 36.0 Å². The Bertz CT molecular complexity index is 934. The molecule has 0 aliphatic carbocycles. The van der Waals surface area contributed by atoms with Crippen LogP contribution in [0.1, 0.15) is 28.4 Å². The van der Waals surface area contributed by atoms with Crippen molar-refractivity contribution in [1.29, 1.82) is 10.5 Å². The maximum Gasteiger partial charge on any atom is 0.159 e. The number of hydrogen-bond donors (Lipinski definition) is 0. The van der Waals surface area contributed by atoms with Crippen LogP contribution >= 0.6 is 0 Å². The number of Topliss-reactive ketones (excluding diaryl/α,β-unsaturated/α-hetero) is 1. The molecule has 1 saturated heterocycles. The van der Waals surface area contributed by atoms with Crippen molar-refractivity contribution in [3.8, 4) is 12.1 Å². The fourth-order valence-electron chi connectivity index (χ4n) is 3.13. The highest BCUT2D eigenvalue weighted by Crippen LogP contribution is 2.26. The number of anilines is 2. The molecule has 0 bridgehead atoms. The third-order valence-corrected chi connectivity index (χ3v) is 4.56. The van der Waals surface area contributed by atoms with E-state index in [4.69, 9.17) is 5.26 Å². The molecule has 1 aliphatic heterocycles. The van der Waals surface area contributed by atoms with Gasteiger partial charge in [-0.2, -0.15) is 10.5 Å². The van der Waals surface area contributed by atoms with Gasteiger partial charge < -0.3 is 9.80 Å². The number of carbonyl (C=O) groups excluding carboxylic acids is 1. The summed E-state index contributed by atoms with van der Waals surface area (Å²) < 4.78 is 14.2. The number of halogens is 1. The fraction of sp³-hybridized carbons (Fsp3) is 0.250. The molecule has 0 atom stereocenters. The predicted octanol–water partition coefficient (Wildman–Crippen LogP) is 3.10. The second kappa shape index (κ2) is 7.25. The normalized spacial score (nSPS) is 13.8. The van der Waals surface area contributed by atoms with Crippen LogP contribution < -0.4 is 9.80 Å². The van der Waals surface area contributed by atoms with Gasteiger partial charge >= 0.3 is 0 Å². The smallest absolute Gasteiger partial charge is 0.159 e. The number of nitrogens with zero attached hydrogens (tertiary/aromatic N) is 4. The standard InChI is InChI=1S/C20H17FN4O/c1-14(26)16-3-4-17(13-23)20(11-16)25-8-6-24(7-9-25)19-5-2-15(12-22)10-18(19)21/h2-5,10-11H,6-9H2,1H3. The lowest BCUT2D eigenvalue weighted by Gasteiger charge is -2.38. The van der Waals surface area contributed by atoms with E-state index < -0.39 is 5.82 Å². The molecule has 6 heteroatoms. The summed E-state index contributed by atoms with van der Waals surface area (Å²) in [6.45, 7) is 3.87. The van der Waals surface area contributed by atoms with E-state index in [0.717, 1.165) is 5.69 Å². The number of rotatable bonds is 3. The van der Waals surface area contributed by atoms with E-state index in [0.29, 0.717) is 48.6 Å². The maximum atomic E-state index is 14.2. The number of benzene rings is 2. The van der Waals surface area contributed by atoms with Crippen LogP contribution in [-0.2, 0) is 0 Å². The van der Waals surface area contributed by atoms with Gasteiger partial charge in [0.2, 0.25) is 0 Å². The Morgan fingerprint density at radius 1 is 0.962 bits per heavy atom. The Morgan fingerprint density at radius 2 is 1.62 bits per heavy atom. The number of nitriles is 2. The van der Waals surface area contributed by atoms with Gasteiger partial charge in [-0.05, 0) is 43.3 Å². The quantitative estimate of drug-likeness (QED) is 0.797. The highest BCUT2D eigenvalue weighted by Gasteiger charge is 2.22. The Balaban J connectivity index is 1.79. The summed E-state index contributed by atoms with van der Waals surface area (Å²) in [4.78, 5) is 15.6. The molecular formula is C20H17FN4O. The predicted molar refractivity (Wildman–Crippen MR) is 96.7 cm³/mol. The lowest BCUT2D eigenvalue weighted by Crippen LogP contribution is -2.47. The molecule has 2 aromatic rings. The largest absolute Gasteiger partial charge is 0.367 e. The summed E-state index contributed by atoms with van der Waals surface area (Å²) in [5.74, 6) is -0.456. The van der Waals surface area contributed by atoms with Crippen molar-refractivity contribution in [2.45, 2.75) is 6.92 Å². The van der Waals surface area contributed by atoms with E-state index in [-0.39, 0.29) is 5.78 Å². The van der Waals surface area contributed by atoms with E-state index in [1.54, 1.807) is 30.3 Å². The number of piperazine rings is 1. The van der Waals surface area contributed by atoms with Crippen molar-refractivity contribution in [1.82, 2.24) is 0 Å². The Labute approximate surface area is 151 Å². The van der Waals surface area contributed by atoms with Crippen molar-refractivity contribution in [2.24, 2.45) is 0 Å². The van der Waals surface area contributed by atoms with Gasteiger partial charge in [-0.1, -0.05) is 0 Å². The molecule has 130 valence electrons. The highest BCUT2D eigenvalue weighted by atomic mass is 19.1. The van der Waals surface area contributed by atoms with Crippen LogP contribution in [0.25, 0.3) is 0 Å². The van der Waals surface area contributed by atoms with Crippen LogP contribution in [0, 0.1) is 28.5 Å². The van der Waals surface area contributed by atoms with Gasteiger partial charge in [0.25, 0.3) is 0 Å². The summed E-state index contributed by atoms with van der Waals surface area (Å²) in [5.41, 5.74) is 2.60. The van der Waals surface area contributed by atoms with Crippen LogP contribution in [0.4, 0.5) is 15.8 Å². The first-order chi connectivity index (χ1) is 12.5. The first-order valence-electron chi connectivity index (χ1n) is 8.28. The van der Waals surface area contributed by atoms with Crippen molar-refractivity contribution in [3.63, 3.8) is 0 Å². The average molecular weight is 348 g/mol. The van der Waals surface area contributed by atoms with Crippen LogP contribution in [0.2, 0.25) is 0 Å². The molecule has 1 heterocycles. The van der Waals surface area contributed by atoms with Gasteiger partial charge in [-0.3, -0.25) is 4.79 Å². The summed E-state index contributed by atoms with van der Waals surface area (Å²) in [7, 11) is 0. The molecule has 0 N–H and O–H groups in total. The van der Waals surface area contributed by atoms with Gasteiger partial charge in [0, 0.05) is 31.7 Å². The van der Waals surface area contributed by atoms with Crippen molar-refractivity contribution >= 4 is 17.2 Å². The van der Waals surface area contributed by atoms with Gasteiger partial charge in [0.1, 0.15) is 11.9 Å². The molecule has 1 fully saturated rings. The number of ketones is 1. The number of carbonyl (C=O) groups is 1. The lowest BCUT2D eigenvalue weighted by atomic mass is 10.1. The third kappa shape index (κ3) is 3.36. The molecule has 0 aromatic heterocycles. The summed E-state index contributed by atoms with van der Waals surface area (Å²) in [6, 6.07) is 13.6. The molecule has 0 radical (unpaired) electrons. The maximum absolute atomic E-state index is 14.2. The summed E-state index contributed by atoms with van der Waals surface area (Å²) in [6.07, 6.45) is 0. The van der Waals surface area contributed by atoms with E-state index in [1.165, 1.54) is 13.0 Å². The zero-order chi connectivity index (χ0) is 18.7. The topological polar surface area (TPSA) is 71.1 Å². The van der Waals surface area contributed by atoms with E-state index in [1.807, 2.05) is 15.9 Å². The van der Waals surface area contributed by atoms with Crippen molar-refractivity contribution in [3.05, 3.63) is 58.9 Å². The first kappa shape index (κ1) is 17.4. The summed E-state index contributed by atoms with van der Waals surface area (Å²) >= 11 is 0. The average Bonchev–Trinajstić information content (AvgIpc) is 2.67. The minimum absolute atomic E-state index is 0.0472. The molecule has 0 unspecified atom stereocenters. The third-order valence-electron chi connectivity index (χ3n) is 4.56. The van der Waals surface area contributed by atoms with Gasteiger partial charge in [0.15, 0.2) is 5.78 Å². The van der Waals surface area contributed by atoms with Gasteiger partial charge in [-0.25, -0.2) is 4.39 Å². The zero-order valence-corrected chi connectivity index (χ0v) is 14.4. The number of hydrogen-bond acceptors (Lipinski definition) is 5. The van der Waals surface area contributed by atoms with Crippen LogP contribution in [-0.4, -0.2) is 32.0 Å². The first-order valence-corrected chi connectivity index (χ1v) is 8.28. The molecule has 0 saturated carbocycles. The molecule has 1 aliphatic rings. The van der Waals surface area contributed by atoms with E-state index in [2.05, 4.69) is 6.07 Å². The summed E-state index contributed by atoms with van der Waals surface area (Å²) in [5, 5.41) is 18.2. The van der Waals surface area contributed by atoms with Crippen LogP contribution in [0.5, 0.6) is 0 Å². The lowest BCUT2D eigenvalue weighted by molar-refractivity contribution is 0.101. The van der Waals surface area contributed by atoms with Gasteiger partial charge in [-0.15, -0.1) is 0 Å². The zero-order valence-electron chi connectivity index (χ0n) is 14.4. The van der Waals surface area contributed by atoms with E-state index in [9.17, 15) is 14.4 Å². The second-order valence-electron chi connectivity index (χ2n) is 6.15. The second-order valence-corrected chi connectivity index (χ2v) is 6.15. The molecule has 0 amide bonds. The minimum atomic E-state index is -0.409. The molecular weight excluding hydrogens is 331 g/mol. The molecule has 2 aromatic carbocycles. The highest BCUT2D eigenvalue weighted by molar-refractivity contribution is 5.95. The minimum Gasteiger partial charge on any atom is -0.367 e. The molecule has 26 heavy (non-hydrogen) atoms. The SMILES string of the molecule is CC(=O)c1ccc(C#N)c(N2CCN(c3ccc(C#N)cc3F)CC2)c1.